The molecule has 0 unspecified atom stereocenters. The van der Waals surface area contributed by atoms with Crippen LogP contribution in [0.15, 0.2) is 24.4 Å². The predicted octanol–water partition coefficient (Wildman–Crippen LogP) is 3.01. The van der Waals surface area contributed by atoms with Gasteiger partial charge in [-0.15, -0.1) is 0 Å². The maximum atomic E-state index is 15.1. The van der Waals surface area contributed by atoms with Crippen LogP contribution in [0.2, 0.25) is 0 Å². The Morgan fingerprint density at radius 2 is 1.73 bits per heavy atom. The van der Waals surface area contributed by atoms with Gasteiger partial charge in [-0.3, -0.25) is 0 Å². The number of nitrogens with zero attached hydrogens (tertiary/aromatic N) is 3. The van der Waals surface area contributed by atoms with Gasteiger partial charge in [0.05, 0.1) is 44.1 Å². The van der Waals surface area contributed by atoms with Crippen LogP contribution in [0.5, 0.6) is 11.5 Å². The second kappa shape index (κ2) is 6.66. The number of hydrogen-bond donors (Lipinski definition) is 1. The van der Waals surface area contributed by atoms with Gasteiger partial charge in [0.15, 0.2) is 23.1 Å². The zero-order valence-electron chi connectivity index (χ0n) is 16.5. The fourth-order valence-corrected chi connectivity index (χ4v) is 4.11. The van der Waals surface area contributed by atoms with Crippen LogP contribution < -0.4 is 20.1 Å². The van der Waals surface area contributed by atoms with E-state index < -0.39 is 11.6 Å². The maximum Gasteiger partial charge on any atom is 0.177 e. The highest BCUT2D eigenvalue weighted by Gasteiger charge is 2.49. The molecule has 7 nitrogen and oxygen atoms in total. The van der Waals surface area contributed by atoms with Crippen LogP contribution in [0, 0.1) is 17.0 Å². The number of nitrogen functional groups attached to an aromatic ring is 1. The lowest BCUT2D eigenvalue weighted by molar-refractivity contribution is -0.127. The Hall–Kier alpha value is -3.20. The molecule has 0 radical (unpaired) electrons. The first-order chi connectivity index (χ1) is 14.4. The third kappa shape index (κ3) is 2.72. The quantitative estimate of drug-likeness (QED) is 0.703. The molecule has 0 aliphatic carbocycles. The number of anilines is 2. The number of hydrogen-bond acceptors (Lipinski definition) is 7. The van der Waals surface area contributed by atoms with E-state index >= 15 is 8.78 Å². The number of rotatable bonds is 4. The van der Waals surface area contributed by atoms with Gasteiger partial charge in [0.2, 0.25) is 0 Å². The number of pyridine rings is 2. The smallest absolute Gasteiger partial charge is 0.177 e. The Morgan fingerprint density at radius 3 is 2.30 bits per heavy atom. The lowest BCUT2D eigenvalue weighted by Crippen LogP contribution is -2.66. The molecule has 2 saturated heterocycles. The van der Waals surface area contributed by atoms with Crippen molar-refractivity contribution >= 4 is 22.4 Å². The van der Waals surface area contributed by atoms with Crippen molar-refractivity contribution in [3.63, 3.8) is 0 Å². The average molecular weight is 414 g/mol. The van der Waals surface area contributed by atoms with Crippen molar-refractivity contribution in [1.29, 1.82) is 0 Å². The van der Waals surface area contributed by atoms with E-state index in [1.165, 1.54) is 20.3 Å². The van der Waals surface area contributed by atoms with Gasteiger partial charge < -0.3 is 24.8 Å². The van der Waals surface area contributed by atoms with Crippen molar-refractivity contribution in [3.8, 4) is 22.8 Å². The summed E-state index contributed by atoms with van der Waals surface area (Å²) in [6.45, 7) is 2.93. The molecule has 0 amide bonds. The van der Waals surface area contributed by atoms with Crippen molar-refractivity contribution < 1.29 is 23.0 Å². The Balaban J connectivity index is 1.70. The van der Waals surface area contributed by atoms with Gasteiger partial charge in [-0.25, -0.2) is 18.7 Å². The zero-order chi connectivity index (χ0) is 21.0. The lowest BCUT2D eigenvalue weighted by Gasteiger charge is -2.55. The van der Waals surface area contributed by atoms with Crippen LogP contribution in [0.1, 0.15) is 0 Å². The standard InChI is InChI=1S/C21H20F2N4O3/c1-28-14-5-15(29-2)19(23)17(18(14)22)13-3-11-6-25-16(24)4-12(11)20(26-13)27-7-21(8-27)9-30-10-21/h3-6H,7-10H2,1-2H3,(H2,24,25). The molecule has 2 fully saturated rings. The zero-order valence-corrected chi connectivity index (χ0v) is 16.5. The van der Waals surface area contributed by atoms with Gasteiger partial charge in [0.25, 0.3) is 0 Å². The highest BCUT2D eigenvalue weighted by Crippen LogP contribution is 2.44. The van der Waals surface area contributed by atoms with Crippen LogP contribution in [0.25, 0.3) is 22.0 Å². The number of nitrogens with two attached hydrogens (primary N) is 1. The van der Waals surface area contributed by atoms with Crippen molar-refractivity contribution in [2.24, 2.45) is 5.41 Å². The topological polar surface area (TPSA) is 82.7 Å². The van der Waals surface area contributed by atoms with Crippen LogP contribution in [-0.2, 0) is 4.74 Å². The molecule has 2 aliphatic rings. The van der Waals surface area contributed by atoms with Gasteiger partial charge in [0.1, 0.15) is 11.6 Å². The molecule has 0 atom stereocenters. The van der Waals surface area contributed by atoms with Gasteiger partial charge >= 0.3 is 0 Å². The van der Waals surface area contributed by atoms with Crippen molar-refractivity contribution in [2.45, 2.75) is 0 Å². The fraction of sp³-hybridized carbons (Fsp3) is 0.333. The SMILES string of the molecule is COc1cc(OC)c(F)c(-c2cc3cnc(N)cc3c(N3CC4(COC4)C3)n2)c1F. The highest BCUT2D eigenvalue weighted by molar-refractivity contribution is 5.96. The van der Waals surface area contributed by atoms with Crippen LogP contribution in [0.3, 0.4) is 0 Å². The molecule has 1 aromatic carbocycles. The van der Waals surface area contributed by atoms with Crippen LogP contribution in [-0.4, -0.2) is 50.5 Å². The lowest BCUT2D eigenvalue weighted by atomic mass is 9.78. The molecule has 2 N–H and O–H groups in total. The largest absolute Gasteiger partial charge is 0.494 e. The monoisotopic (exact) mass is 414 g/mol. The van der Waals surface area contributed by atoms with Gasteiger partial charge in [-0.2, -0.15) is 0 Å². The normalized spacial score (nSPS) is 17.0. The molecule has 0 saturated carbocycles. The van der Waals surface area contributed by atoms with Gasteiger partial charge in [0, 0.05) is 36.1 Å². The minimum absolute atomic E-state index is 0.127. The predicted molar refractivity (Wildman–Crippen MR) is 108 cm³/mol. The molecule has 3 aromatic rings. The average Bonchev–Trinajstić information content (AvgIpc) is 2.66. The summed E-state index contributed by atoms with van der Waals surface area (Å²) in [5.41, 5.74) is 5.84. The first kappa shape index (κ1) is 18.8. The van der Waals surface area contributed by atoms with E-state index in [0.717, 1.165) is 18.5 Å². The van der Waals surface area contributed by atoms with E-state index in [9.17, 15) is 0 Å². The molecule has 2 aliphatic heterocycles. The van der Waals surface area contributed by atoms with Crippen molar-refractivity contribution in [2.75, 3.05) is 51.2 Å². The molecule has 156 valence electrons. The minimum Gasteiger partial charge on any atom is -0.494 e. The summed E-state index contributed by atoms with van der Waals surface area (Å²) in [5.74, 6) is -0.988. The van der Waals surface area contributed by atoms with E-state index in [4.69, 9.17) is 19.9 Å². The number of ether oxygens (including phenoxy) is 3. The second-order valence-electron chi connectivity index (χ2n) is 7.79. The van der Waals surface area contributed by atoms with Crippen molar-refractivity contribution in [3.05, 3.63) is 36.0 Å². The molecule has 2 aromatic heterocycles. The molecule has 5 rings (SSSR count). The van der Waals surface area contributed by atoms with Crippen LogP contribution in [0.4, 0.5) is 20.4 Å². The number of methoxy groups -OCH3 is 2. The molecule has 0 bridgehead atoms. The Labute approximate surface area is 171 Å². The molecule has 4 heterocycles. The Bertz CT molecular complexity index is 1130. The van der Waals surface area contributed by atoms with E-state index in [2.05, 4.69) is 14.9 Å². The molecule has 9 heteroatoms. The summed E-state index contributed by atoms with van der Waals surface area (Å²) in [4.78, 5) is 10.8. The van der Waals surface area contributed by atoms with E-state index in [0.29, 0.717) is 30.2 Å². The highest BCUT2D eigenvalue weighted by atomic mass is 19.1. The summed E-state index contributed by atoms with van der Waals surface area (Å²) in [7, 11) is 2.62. The molecule has 1 spiro atoms. The number of fused-ring (bicyclic) bond motifs is 1. The maximum absolute atomic E-state index is 15.1. The van der Waals surface area contributed by atoms with Gasteiger partial charge in [-0.1, -0.05) is 0 Å². The third-order valence-electron chi connectivity index (χ3n) is 5.71. The Kier molecular flexibility index (Phi) is 4.18. The van der Waals surface area contributed by atoms with Gasteiger partial charge in [-0.05, 0) is 12.1 Å². The third-order valence-corrected chi connectivity index (χ3v) is 5.71. The Morgan fingerprint density at radius 1 is 1.07 bits per heavy atom. The number of benzene rings is 1. The van der Waals surface area contributed by atoms with E-state index in [-0.39, 0.29) is 28.2 Å². The fourth-order valence-electron chi connectivity index (χ4n) is 4.11. The number of aromatic nitrogens is 2. The number of halogens is 2. The molecule has 30 heavy (non-hydrogen) atoms. The summed E-state index contributed by atoms with van der Waals surface area (Å²) in [6.07, 6.45) is 1.58. The van der Waals surface area contributed by atoms with Crippen molar-refractivity contribution in [1.82, 2.24) is 9.97 Å². The summed E-state index contributed by atoms with van der Waals surface area (Å²) < 4.78 is 45.7. The first-order valence-corrected chi connectivity index (χ1v) is 9.44. The molecular weight excluding hydrogens is 394 g/mol. The minimum atomic E-state index is -0.843. The first-order valence-electron chi connectivity index (χ1n) is 9.44. The summed E-state index contributed by atoms with van der Waals surface area (Å²) >= 11 is 0. The van der Waals surface area contributed by atoms with E-state index in [1.54, 1.807) is 18.3 Å². The second-order valence-corrected chi connectivity index (χ2v) is 7.79. The summed E-state index contributed by atoms with van der Waals surface area (Å²) in [5, 5.41) is 1.45. The summed E-state index contributed by atoms with van der Waals surface area (Å²) in [6, 6.07) is 4.49. The van der Waals surface area contributed by atoms with E-state index in [1.807, 2.05) is 0 Å². The molecular formula is C21H20F2N4O3. The van der Waals surface area contributed by atoms with Crippen LogP contribution >= 0.6 is 0 Å².